The van der Waals surface area contributed by atoms with Gasteiger partial charge in [-0.15, -0.1) is 0 Å². The highest BCUT2D eigenvalue weighted by Crippen LogP contribution is 2.22. The van der Waals surface area contributed by atoms with Crippen LogP contribution in [0.3, 0.4) is 0 Å². The van der Waals surface area contributed by atoms with Gasteiger partial charge in [-0.25, -0.2) is 21.9 Å². The molecule has 3 N–H and O–H groups in total. The molecule has 5 nitrogen and oxygen atoms in total. The maximum Gasteiger partial charge on any atom is 0.273 e. The molecule has 114 valence electrons. The van der Waals surface area contributed by atoms with E-state index >= 15 is 0 Å². The third-order valence-electron chi connectivity index (χ3n) is 2.92. The van der Waals surface area contributed by atoms with Crippen LogP contribution in [0.25, 0.3) is 10.9 Å². The summed E-state index contributed by atoms with van der Waals surface area (Å²) in [5.74, 6) is -3.29. The molecule has 0 amide bonds. The summed E-state index contributed by atoms with van der Waals surface area (Å²) in [4.78, 5) is 3.95. The monoisotopic (exact) mass is 315 g/mol. The number of nitrogens with one attached hydrogen (secondary N) is 1. The first-order valence-corrected chi connectivity index (χ1v) is 7.66. The van der Waals surface area contributed by atoms with Gasteiger partial charge in [0, 0.05) is 11.6 Å². The van der Waals surface area contributed by atoms with Gasteiger partial charge in [-0.1, -0.05) is 12.1 Å². The molecule has 1 aromatic carbocycles. The molecule has 0 saturated carbocycles. The van der Waals surface area contributed by atoms with E-state index in [2.05, 4.69) is 4.98 Å². The van der Waals surface area contributed by atoms with E-state index in [0.717, 1.165) is 5.56 Å². The lowest BCUT2D eigenvalue weighted by atomic mass is 10.2. The molecule has 0 spiro atoms. The lowest BCUT2D eigenvalue weighted by molar-refractivity contribution is 0.0170. The first kappa shape index (κ1) is 15.7. The van der Waals surface area contributed by atoms with Gasteiger partial charge in [0.05, 0.1) is 18.6 Å². The van der Waals surface area contributed by atoms with Gasteiger partial charge in [-0.05, 0) is 24.6 Å². The standard InChI is InChI=1S/C13H15F2N3O2S/c1-9-5-10-3-2-4-11(12(10)17-6-9)21(19,20)18-8-13(14,15)7-16/h2-6,18H,7-8,16H2,1H3. The molecule has 0 aliphatic rings. The highest BCUT2D eigenvalue weighted by atomic mass is 32.2. The van der Waals surface area contributed by atoms with Crippen molar-refractivity contribution in [3.8, 4) is 0 Å². The minimum atomic E-state index is -4.09. The summed E-state index contributed by atoms with van der Waals surface area (Å²) in [6.45, 7) is -0.149. The molecule has 2 rings (SSSR count). The van der Waals surface area contributed by atoms with Crippen molar-refractivity contribution in [3.05, 3.63) is 36.0 Å². The van der Waals surface area contributed by atoms with Crippen LogP contribution in [0.5, 0.6) is 0 Å². The molecule has 0 fully saturated rings. The van der Waals surface area contributed by atoms with Crippen LogP contribution < -0.4 is 10.5 Å². The smallest absolute Gasteiger partial charge is 0.273 e. The molecule has 0 aliphatic carbocycles. The summed E-state index contributed by atoms with van der Waals surface area (Å²) in [6, 6.07) is 6.35. The molecule has 21 heavy (non-hydrogen) atoms. The van der Waals surface area contributed by atoms with Crippen molar-refractivity contribution in [1.82, 2.24) is 9.71 Å². The van der Waals surface area contributed by atoms with Gasteiger partial charge in [-0.3, -0.25) is 4.98 Å². The zero-order valence-corrected chi connectivity index (χ0v) is 12.1. The summed E-state index contributed by atoms with van der Waals surface area (Å²) in [5, 5.41) is 0.628. The zero-order valence-electron chi connectivity index (χ0n) is 11.3. The number of para-hydroxylation sites is 1. The van der Waals surface area contributed by atoms with E-state index in [9.17, 15) is 17.2 Å². The van der Waals surface area contributed by atoms with E-state index < -0.39 is 29.0 Å². The summed E-state index contributed by atoms with van der Waals surface area (Å²) in [5.41, 5.74) is 6.00. The van der Waals surface area contributed by atoms with Crippen molar-refractivity contribution in [3.63, 3.8) is 0 Å². The molecule has 0 atom stereocenters. The van der Waals surface area contributed by atoms with Crippen molar-refractivity contribution in [2.24, 2.45) is 5.73 Å². The third kappa shape index (κ3) is 3.52. The molecule has 0 saturated heterocycles. The average Bonchev–Trinajstić information content (AvgIpc) is 2.44. The van der Waals surface area contributed by atoms with Crippen molar-refractivity contribution in [2.75, 3.05) is 13.1 Å². The normalized spacial score (nSPS) is 12.8. The maximum absolute atomic E-state index is 13.1. The number of nitrogens with two attached hydrogens (primary N) is 1. The summed E-state index contributed by atoms with van der Waals surface area (Å²) < 4.78 is 52.4. The van der Waals surface area contributed by atoms with Crippen molar-refractivity contribution in [2.45, 2.75) is 17.7 Å². The fourth-order valence-corrected chi connectivity index (χ4v) is 3.05. The van der Waals surface area contributed by atoms with Crippen LogP contribution in [0, 0.1) is 6.92 Å². The van der Waals surface area contributed by atoms with Crippen LogP contribution in [0.15, 0.2) is 35.4 Å². The molecule has 8 heteroatoms. The molecule has 0 bridgehead atoms. The van der Waals surface area contributed by atoms with Crippen LogP contribution in [0.4, 0.5) is 8.78 Å². The number of fused-ring (bicyclic) bond motifs is 1. The van der Waals surface area contributed by atoms with Gasteiger partial charge in [0.2, 0.25) is 10.0 Å². The largest absolute Gasteiger partial charge is 0.325 e. The minimum Gasteiger partial charge on any atom is -0.325 e. The van der Waals surface area contributed by atoms with E-state index in [1.807, 2.05) is 11.6 Å². The average molecular weight is 315 g/mol. The number of alkyl halides is 2. The number of nitrogens with zero attached hydrogens (tertiary/aromatic N) is 1. The number of sulfonamides is 1. The van der Waals surface area contributed by atoms with E-state index in [4.69, 9.17) is 5.73 Å². The maximum atomic E-state index is 13.1. The second kappa shape index (κ2) is 5.63. The SMILES string of the molecule is Cc1cnc2c(S(=O)(=O)NCC(F)(F)CN)cccc2c1. The molecular weight excluding hydrogens is 300 g/mol. The Kier molecular flexibility index (Phi) is 4.22. The predicted octanol–water partition coefficient (Wildman–Crippen LogP) is 1.42. The molecule has 1 heterocycles. The number of rotatable bonds is 5. The fraction of sp³-hybridized carbons (Fsp3) is 0.308. The van der Waals surface area contributed by atoms with Crippen LogP contribution in [-0.4, -0.2) is 32.4 Å². The van der Waals surface area contributed by atoms with Crippen LogP contribution in [-0.2, 0) is 10.0 Å². The minimum absolute atomic E-state index is 0.132. The Morgan fingerprint density at radius 3 is 2.76 bits per heavy atom. The summed E-state index contributed by atoms with van der Waals surface area (Å²) in [7, 11) is -4.09. The summed E-state index contributed by atoms with van der Waals surface area (Å²) in [6.07, 6.45) is 1.52. The number of hydrogen-bond donors (Lipinski definition) is 2. The zero-order chi connectivity index (χ0) is 15.7. The third-order valence-corrected chi connectivity index (χ3v) is 4.35. The number of pyridine rings is 1. The quantitative estimate of drug-likeness (QED) is 0.874. The second-order valence-corrected chi connectivity index (χ2v) is 6.46. The topological polar surface area (TPSA) is 85.1 Å². The Balaban J connectivity index is 2.41. The van der Waals surface area contributed by atoms with Crippen molar-refractivity contribution >= 4 is 20.9 Å². The van der Waals surface area contributed by atoms with Crippen molar-refractivity contribution < 1.29 is 17.2 Å². The van der Waals surface area contributed by atoms with Gasteiger partial charge in [0.1, 0.15) is 4.90 Å². The lowest BCUT2D eigenvalue weighted by Crippen LogP contribution is -2.41. The van der Waals surface area contributed by atoms with Gasteiger partial charge < -0.3 is 5.73 Å². The highest BCUT2D eigenvalue weighted by molar-refractivity contribution is 7.89. The Morgan fingerprint density at radius 1 is 1.38 bits per heavy atom. The first-order chi connectivity index (χ1) is 9.75. The summed E-state index contributed by atoms with van der Waals surface area (Å²) >= 11 is 0. The molecule has 0 radical (unpaired) electrons. The van der Waals surface area contributed by atoms with Crippen molar-refractivity contribution in [1.29, 1.82) is 0 Å². The van der Waals surface area contributed by atoms with Gasteiger partial charge in [-0.2, -0.15) is 0 Å². The van der Waals surface area contributed by atoms with E-state index in [1.165, 1.54) is 12.3 Å². The van der Waals surface area contributed by atoms with E-state index in [-0.39, 0.29) is 10.4 Å². The highest BCUT2D eigenvalue weighted by Gasteiger charge is 2.30. The lowest BCUT2D eigenvalue weighted by Gasteiger charge is -2.15. The molecule has 0 unspecified atom stereocenters. The number of aromatic nitrogens is 1. The first-order valence-electron chi connectivity index (χ1n) is 6.18. The Labute approximate surface area is 121 Å². The second-order valence-electron chi connectivity index (χ2n) is 4.73. The van der Waals surface area contributed by atoms with Crippen LogP contribution in [0.2, 0.25) is 0 Å². The van der Waals surface area contributed by atoms with Gasteiger partial charge in [0.15, 0.2) is 0 Å². The Hall–Kier alpha value is -1.64. The number of benzene rings is 1. The Bertz CT molecular complexity index is 763. The molecular formula is C13H15F2N3O2S. The van der Waals surface area contributed by atoms with Gasteiger partial charge >= 0.3 is 0 Å². The molecule has 1 aromatic heterocycles. The molecule has 2 aromatic rings. The predicted molar refractivity (Wildman–Crippen MR) is 75.7 cm³/mol. The number of hydrogen-bond acceptors (Lipinski definition) is 4. The van der Waals surface area contributed by atoms with E-state index in [0.29, 0.717) is 5.39 Å². The Morgan fingerprint density at radius 2 is 2.10 bits per heavy atom. The number of halogens is 2. The van der Waals surface area contributed by atoms with E-state index in [1.54, 1.807) is 18.2 Å². The van der Waals surface area contributed by atoms with Crippen LogP contribution >= 0.6 is 0 Å². The van der Waals surface area contributed by atoms with Crippen LogP contribution in [0.1, 0.15) is 5.56 Å². The van der Waals surface area contributed by atoms with Gasteiger partial charge in [0.25, 0.3) is 5.92 Å². The number of aryl methyl sites for hydroxylation is 1. The fourth-order valence-electron chi connectivity index (χ4n) is 1.81. The molecule has 0 aliphatic heterocycles.